The Morgan fingerprint density at radius 1 is 1.08 bits per heavy atom. The second-order valence-corrected chi connectivity index (χ2v) is 5.74. The van der Waals surface area contributed by atoms with Crippen molar-refractivity contribution in [3.63, 3.8) is 0 Å². The summed E-state index contributed by atoms with van der Waals surface area (Å²) in [5.74, 6) is -0.462. The number of aliphatic hydroxyl groups is 1. The maximum atomic E-state index is 12.3. The van der Waals surface area contributed by atoms with Gasteiger partial charge < -0.3 is 14.8 Å². The largest absolute Gasteiger partial charge is 0.436 e. The Morgan fingerprint density at radius 3 is 2.65 bits per heavy atom. The first-order valence-corrected chi connectivity index (χ1v) is 8.08. The zero-order valence-corrected chi connectivity index (χ0v) is 13.7. The van der Waals surface area contributed by atoms with Crippen LogP contribution >= 0.6 is 0 Å². The number of para-hydroxylation sites is 1. The molecular formula is C19H15N3O4. The van der Waals surface area contributed by atoms with Crippen molar-refractivity contribution in [1.82, 2.24) is 9.88 Å². The van der Waals surface area contributed by atoms with E-state index in [1.165, 1.54) is 6.08 Å². The summed E-state index contributed by atoms with van der Waals surface area (Å²) < 4.78 is 5.80. The van der Waals surface area contributed by atoms with Crippen LogP contribution in [-0.4, -0.2) is 40.0 Å². The normalized spacial score (nSPS) is 14.2. The Hall–Kier alpha value is -3.45. The molecule has 0 saturated heterocycles. The van der Waals surface area contributed by atoms with E-state index in [0.717, 1.165) is 10.5 Å². The van der Waals surface area contributed by atoms with E-state index in [-0.39, 0.29) is 18.8 Å². The van der Waals surface area contributed by atoms with E-state index >= 15 is 0 Å². The van der Waals surface area contributed by atoms with Crippen LogP contribution in [0.2, 0.25) is 0 Å². The van der Waals surface area contributed by atoms with Crippen LogP contribution in [0.1, 0.15) is 0 Å². The zero-order chi connectivity index (χ0) is 18.1. The number of carbonyl (C=O) groups excluding carboxylic acids is 2. The second kappa shape index (κ2) is 6.45. The number of anilines is 1. The lowest BCUT2D eigenvalue weighted by Crippen LogP contribution is -2.34. The molecule has 0 spiro atoms. The van der Waals surface area contributed by atoms with Gasteiger partial charge in [-0.25, -0.2) is 4.98 Å². The number of aromatic nitrogens is 1. The van der Waals surface area contributed by atoms with Gasteiger partial charge in [-0.3, -0.25) is 14.5 Å². The molecule has 130 valence electrons. The number of aliphatic hydroxyl groups excluding tert-OH is 1. The van der Waals surface area contributed by atoms with E-state index in [1.54, 1.807) is 18.2 Å². The molecule has 2 heterocycles. The van der Waals surface area contributed by atoms with Crippen molar-refractivity contribution in [1.29, 1.82) is 0 Å². The van der Waals surface area contributed by atoms with Gasteiger partial charge in [-0.1, -0.05) is 24.3 Å². The zero-order valence-electron chi connectivity index (χ0n) is 13.7. The highest BCUT2D eigenvalue weighted by molar-refractivity contribution is 6.17. The number of rotatable bonds is 5. The molecule has 0 atom stereocenters. The van der Waals surface area contributed by atoms with Crippen molar-refractivity contribution in [2.45, 2.75) is 0 Å². The molecule has 3 aromatic rings. The van der Waals surface area contributed by atoms with Crippen molar-refractivity contribution in [3.8, 4) is 11.5 Å². The Kier molecular flexibility index (Phi) is 3.98. The first-order valence-electron chi connectivity index (χ1n) is 8.08. The summed E-state index contributed by atoms with van der Waals surface area (Å²) in [6, 6.07) is 14.8. The quantitative estimate of drug-likeness (QED) is 0.685. The van der Waals surface area contributed by atoms with Crippen molar-refractivity contribution in [2.75, 3.05) is 18.5 Å². The third kappa shape index (κ3) is 2.74. The van der Waals surface area contributed by atoms with Crippen molar-refractivity contribution in [2.24, 2.45) is 0 Å². The van der Waals surface area contributed by atoms with E-state index in [2.05, 4.69) is 10.3 Å². The van der Waals surface area contributed by atoms with Crippen LogP contribution in [0.3, 0.4) is 0 Å². The smallest absolute Gasteiger partial charge is 0.277 e. The predicted molar refractivity (Wildman–Crippen MR) is 95.0 cm³/mol. The molecule has 0 radical (unpaired) electrons. The average Bonchev–Trinajstić information content (AvgIpc) is 3.20. The van der Waals surface area contributed by atoms with Gasteiger partial charge in [0.15, 0.2) is 5.58 Å². The van der Waals surface area contributed by atoms with Crippen LogP contribution in [0.5, 0.6) is 0 Å². The van der Waals surface area contributed by atoms with Gasteiger partial charge in [0, 0.05) is 11.6 Å². The van der Waals surface area contributed by atoms with Crippen LogP contribution < -0.4 is 5.32 Å². The van der Waals surface area contributed by atoms with Gasteiger partial charge in [-0.15, -0.1) is 0 Å². The van der Waals surface area contributed by atoms with Crippen molar-refractivity contribution in [3.05, 3.63) is 60.3 Å². The minimum atomic E-state index is -0.479. The van der Waals surface area contributed by atoms with E-state index < -0.39 is 11.8 Å². The number of oxazole rings is 1. The number of hydrogen-bond donors (Lipinski definition) is 2. The van der Waals surface area contributed by atoms with Gasteiger partial charge in [0.25, 0.3) is 11.8 Å². The number of carbonyl (C=O) groups is 2. The Bertz CT molecular complexity index is 1020. The highest BCUT2D eigenvalue weighted by atomic mass is 16.3. The molecule has 7 heteroatoms. The van der Waals surface area contributed by atoms with E-state index in [4.69, 9.17) is 9.52 Å². The summed E-state index contributed by atoms with van der Waals surface area (Å²) in [5, 5.41) is 11.9. The molecule has 0 unspecified atom stereocenters. The Balaban J connectivity index is 1.68. The first-order chi connectivity index (χ1) is 12.7. The van der Waals surface area contributed by atoms with Crippen LogP contribution in [0.15, 0.2) is 64.7 Å². The van der Waals surface area contributed by atoms with E-state index in [0.29, 0.717) is 22.7 Å². The van der Waals surface area contributed by atoms with Crippen molar-refractivity contribution < 1.29 is 19.1 Å². The minimum Gasteiger partial charge on any atom is -0.436 e. The molecule has 0 bridgehead atoms. The number of nitrogens with zero attached hydrogens (tertiary/aromatic N) is 2. The van der Waals surface area contributed by atoms with Gasteiger partial charge >= 0.3 is 0 Å². The second-order valence-electron chi connectivity index (χ2n) is 5.74. The summed E-state index contributed by atoms with van der Waals surface area (Å²) >= 11 is 0. The van der Waals surface area contributed by atoms with Gasteiger partial charge in [0.2, 0.25) is 5.89 Å². The number of benzene rings is 2. The highest BCUT2D eigenvalue weighted by Crippen LogP contribution is 2.30. The lowest BCUT2D eigenvalue weighted by molar-refractivity contribution is -0.137. The van der Waals surface area contributed by atoms with E-state index in [9.17, 15) is 9.59 Å². The van der Waals surface area contributed by atoms with E-state index in [1.807, 2.05) is 30.3 Å². The molecular weight excluding hydrogens is 334 g/mol. The molecule has 0 aliphatic carbocycles. The maximum absolute atomic E-state index is 12.3. The average molecular weight is 349 g/mol. The van der Waals surface area contributed by atoms with Gasteiger partial charge in [0.05, 0.1) is 18.8 Å². The molecule has 2 aromatic carbocycles. The fourth-order valence-corrected chi connectivity index (χ4v) is 2.81. The van der Waals surface area contributed by atoms with Gasteiger partial charge in [-0.2, -0.15) is 0 Å². The highest BCUT2D eigenvalue weighted by Gasteiger charge is 2.31. The number of imide groups is 1. The van der Waals surface area contributed by atoms with Gasteiger partial charge in [0.1, 0.15) is 11.2 Å². The molecule has 1 aliphatic rings. The summed E-state index contributed by atoms with van der Waals surface area (Å²) in [6.07, 6.45) is 1.22. The number of fused-ring (bicyclic) bond motifs is 1. The molecule has 2 amide bonds. The van der Waals surface area contributed by atoms with Gasteiger partial charge in [-0.05, 0) is 24.3 Å². The van der Waals surface area contributed by atoms with Crippen LogP contribution in [0, 0.1) is 0 Å². The molecule has 0 fully saturated rings. The predicted octanol–water partition coefficient (Wildman–Crippen LogP) is 2.15. The third-order valence-corrected chi connectivity index (χ3v) is 4.04. The standard InChI is InChI=1S/C19H15N3O4/c23-10-9-22-16(24)11-14(19(22)25)20-13-7-4-8-15-17(13)21-18(26-15)12-5-2-1-3-6-12/h1-8,11,20,23H,9-10H2. The SMILES string of the molecule is O=C1C=C(Nc2cccc3oc(-c4ccccc4)nc23)C(=O)N1CCO. The molecule has 26 heavy (non-hydrogen) atoms. The Morgan fingerprint density at radius 2 is 1.88 bits per heavy atom. The summed E-state index contributed by atoms with van der Waals surface area (Å²) in [5.41, 5.74) is 2.67. The molecule has 1 aromatic heterocycles. The fraction of sp³-hybridized carbons (Fsp3) is 0.105. The lowest BCUT2D eigenvalue weighted by Gasteiger charge is -2.13. The minimum absolute atomic E-state index is 0.0360. The molecule has 7 nitrogen and oxygen atoms in total. The number of hydrogen-bond acceptors (Lipinski definition) is 6. The molecule has 1 aliphatic heterocycles. The summed E-state index contributed by atoms with van der Waals surface area (Å²) in [6.45, 7) is -0.316. The summed E-state index contributed by atoms with van der Waals surface area (Å²) in [4.78, 5) is 29.7. The van der Waals surface area contributed by atoms with Crippen LogP contribution in [0.25, 0.3) is 22.6 Å². The molecule has 2 N–H and O–H groups in total. The fourth-order valence-electron chi connectivity index (χ4n) is 2.81. The first kappa shape index (κ1) is 16.0. The molecule has 4 rings (SSSR count). The van der Waals surface area contributed by atoms with Crippen LogP contribution in [-0.2, 0) is 9.59 Å². The molecule has 0 saturated carbocycles. The lowest BCUT2D eigenvalue weighted by atomic mass is 10.2. The van der Waals surface area contributed by atoms with Crippen molar-refractivity contribution >= 4 is 28.6 Å². The number of amides is 2. The number of β-amino-alcohol motifs (C(OH)–C–C–N with tert-alkyl or cyclic N) is 1. The summed E-state index contributed by atoms with van der Waals surface area (Å²) in [7, 11) is 0. The number of nitrogens with one attached hydrogen (secondary N) is 1. The maximum Gasteiger partial charge on any atom is 0.277 e. The topological polar surface area (TPSA) is 95.7 Å². The Labute approximate surface area is 148 Å². The van der Waals surface area contributed by atoms with Crippen LogP contribution in [0.4, 0.5) is 5.69 Å². The monoisotopic (exact) mass is 349 g/mol. The third-order valence-electron chi connectivity index (χ3n) is 4.04.